The molecule has 2 aliphatic heterocycles. The maximum Gasteiger partial charge on any atom is 0.491 e. The van der Waals surface area contributed by atoms with Crippen molar-refractivity contribution in [3.05, 3.63) is 46.3 Å². The van der Waals surface area contributed by atoms with Crippen LogP contribution in [0.5, 0.6) is 17.2 Å². The molecule has 11 nitrogen and oxygen atoms in total. The van der Waals surface area contributed by atoms with Crippen molar-refractivity contribution in [3.8, 4) is 17.2 Å². The van der Waals surface area contributed by atoms with Crippen LogP contribution in [0.3, 0.4) is 0 Å². The Hall–Kier alpha value is -4.40. The third-order valence-corrected chi connectivity index (χ3v) is 8.49. The zero-order chi connectivity index (χ0) is 37.0. The number of nitrogens with one attached hydrogen (secondary N) is 1. The molecule has 4 rings (SSSR count). The highest BCUT2D eigenvalue weighted by atomic mass is 19.4. The van der Waals surface area contributed by atoms with Crippen LogP contribution in [-0.2, 0) is 31.0 Å². The minimum absolute atomic E-state index is 0.0387. The highest BCUT2D eigenvalue weighted by Gasteiger charge is 2.42. The van der Waals surface area contributed by atoms with Gasteiger partial charge in [-0.05, 0) is 55.4 Å². The van der Waals surface area contributed by atoms with Gasteiger partial charge in [-0.3, -0.25) is 15.0 Å². The Morgan fingerprint density at radius 3 is 2.36 bits per heavy atom. The van der Waals surface area contributed by atoms with Gasteiger partial charge in [0.1, 0.15) is 11.6 Å². The lowest BCUT2D eigenvalue weighted by atomic mass is 9.84. The molecule has 1 fully saturated rings. The van der Waals surface area contributed by atoms with Gasteiger partial charge < -0.3 is 33.5 Å². The van der Waals surface area contributed by atoms with Crippen molar-refractivity contribution < 1.29 is 55.6 Å². The minimum atomic E-state index is -5.26. The van der Waals surface area contributed by atoms with E-state index in [0.29, 0.717) is 47.8 Å². The third-order valence-electron chi connectivity index (χ3n) is 8.49. The molecule has 1 unspecified atom stereocenters. The first kappa shape index (κ1) is 38.4. The van der Waals surface area contributed by atoms with Gasteiger partial charge in [-0.15, -0.1) is 0 Å². The molecule has 1 saturated heterocycles. The van der Waals surface area contributed by atoms with Gasteiger partial charge in [0.15, 0.2) is 23.1 Å². The number of halogens is 4. The number of anilines is 1. The van der Waals surface area contributed by atoms with E-state index in [1.807, 2.05) is 27.7 Å². The summed E-state index contributed by atoms with van der Waals surface area (Å²) >= 11 is 0. The topological polar surface area (TPSA) is 128 Å². The number of hydrogen-bond acceptors (Lipinski definition) is 10. The van der Waals surface area contributed by atoms with Crippen molar-refractivity contribution in [2.75, 3.05) is 52.0 Å². The van der Waals surface area contributed by atoms with Crippen LogP contribution in [-0.4, -0.2) is 87.8 Å². The van der Waals surface area contributed by atoms with Gasteiger partial charge in [-0.1, -0.05) is 20.8 Å². The molecular formula is C35H43F4N3O8. The number of ketones is 1. The lowest BCUT2D eigenvalue weighted by Gasteiger charge is -2.30. The van der Waals surface area contributed by atoms with E-state index in [9.17, 15) is 27.6 Å². The molecule has 1 atom stereocenters. The molecular weight excluding hydrogens is 666 g/mol. The minimum Gasteiger partial charge on any atom is -0.493 e. The number of rotatable bonds is 14. The standard InChI is InChI=1S/C35H43F4N3O8/c1-7-48-22-11-12-41(18-22)24-15-20(25(43)19-42-17-21-16-26(46-5)31(47-6)29(36)28(21)32(42)40)14-23(34(2,3)4)30(24)49-13-9-8-10-27(44)50-33(45)35(37,38)39/h14-16,22,40H,7-13,17-19H2,1-6H3. The van der Waals surface area contributed by atoms with Gasteiger partial charge in [0.05, 0.1) is 44.7 Å². The molecule has 2 aliphatic rings. The lowest BCUT2D eigenvalue weighted by molar-refractivity contribution is -0.201. The Kier molecular flexibility index (Phi) is 12.0. The second kappa shape index (κ2) is 15.7. The van der Waals surface area contributed by atoms with Crippen molar-refractivity contribution in [1.82, 2.24) is 4.90 Å². The second-order valence-corrected chi connectivity index (χ2v) is 13.1. The second-order valence-electron chi connectivity index (χ2n) is 13.1. The van der Waals surface area contributed by atoms with E-state index in [2.05, 4.69) is 9.64 Å². The largest absolute Gasteiger partial charge is 0.493 e. The summed E-state index contributed by atoms with van der Waals surface area (Å²) in [5.41, 5.74) is 1.76. The molecule has 50 heavy (non-hydrogen) atoms. The fourth-order valence-electron chi connectivity index (χ4n) is 6.02. The summed E-state index contributed by atoms with van der Waals surface area (Å²) in [4.78, 5) is 40.2. The third kappa shape index (κ3) is 8.66. The molecule has 15 heteroatoms. The number of methoxy groups -OCH3 is 2. The zero-order valence-electron chi connectivity index (χ0n) is 29.1. The van der Waals surface area contributed by atoms with E-state index in [-0.39, 0.29) is 67.3 Å². The van der Waals surface area contributed by atoms with Crippen LogP contribution in [0.2, 0.25) is 0 Å². The van der Waals surface area contributed by atoms with E-state index < -0.39 is 35.8 Å². The fraction of sp³-hybridized carbons (Fsp3) is 0.543. The molecule has 0 bridgehead atoms. The van der Waals surface area contributed by atoms with Gasteiger partial charge in [-0.2, -0.15) is 13.2 Å². The van der Waals surface area contributed by atoms with Gasteiger partial charge in [0, 0.05) is 43.8 Å². The van der Waals surface area contributed by atoms with Crippen LogP contribution in [0.4, 0.5) is 23.2 Å². The molecule has 0 aliphatic carbocycles. The van der Waals surface area contributed by atoms with E-state index in [4.69, 9.17) is 24.4 Å². The first-order valence-corrected chi connectivity index (χ1v) is 16.3. The van der Waals surface area contributed by atoms with Gasteiger partial charge in [0.2, 0.25) is 0 Å². The number of benzene rings is 2. The summed E-state index contributed by atoms with van der Waals surface area (Å²) in [5.74, 6) is -4.42. The average molecular weight is 710 g/mol. The Morgan fingerprint density at radius 1 is 1.02 bits per heavy atom. The van der Waals surface area contributed by atoms with Crippen molar-refractivity contribution in [1.29, 1.82) is 5.41 Å². The first-order chi connectivity index (χ1) is 23.5. The molecule has 274 valence electrons. The average Bonchev–Trinajstić information content (AvgIpc) is 3.63. The number of unbranched alkanes of at least 4 members (excludes halogenated alkanes) is 1. The number of fused-ring (bicyclic) bond motifs is 1. The number of carbonyl (C=O) groups is 3. The molecule has 2 heterocycles. The fourth-order valence-corrected chi connectivity index (χ4v) is 6.02. The number of ether oxygens (including phenoxy) is 5. The number of Topliss-reactive ketones (excluding diaryl/α,β-unsaturated/α-hetero) is 1. The molecule has 0 spiro atoms. The van der Waals surface area contributed by atoms with Crippen LogP contribution in [0, 0.1) is 11.2 Å². The summed E-state index contributed by atoms with van der Waals surface area (Å²) in [6.07, 6.45) is -4.58. The molecule has 0 amide bonds. The molecule has 2 aromatic rings. The smallest absolute Gasteiger partial charge is 0.491 e. The summed E-state index contributed by atoms with van der Waals surface area (Å²) in [6.45, 7) is 9.51. The van der Waals surface area contributed by atoms with Crippen molar-refractivity contribution >= 4 is 29.2 Å². The van der Waals surface area contributed by atoms with Crippen LogP contribution < -0.4 is 19.1 Å². The maximum atomic E-state index is 15.4. The zero-order valence-corrected chi connectivity index (χ0v) is 29.1. The lowest BCUT2D eigenvalue weighted by Crippen LogP contribution is -2.31. The normalized spacial score (nSPS) is 16.0. The number of amidine groups is 1. The number of hydrogen-bond donors (Lipinski definition) is 1. The van der Waals surface area contributed by atoms with Crippen LogP contribution in [0.1, 0.15) is 80.4 Å². The summed E-state index contributed by atoms with van der Waals surface area (Å²) in [6, 6.07) is 5.09. The SMILES string of the molecule is CCOC1CCN(c2cc(C(=O)CN3Cc4cc(OC)c(OC)c(F)c4C3=N)cc(C(C)(C)C)c2OCCCCC(=O)OC(=O)C(F)(F)F)C1. The van der Waals surface area contributed by atoms with E-state index >= 15 is 4.39 Å². The monoisotopic (exact) mass is 709 g/mol. The molecule has 0 aromatic heterocycles. The van der Waals surface area contributed by atoms with Crippen molar-refractivity contribution in [2.24, 2.45) is 0 Å². The highest BCUT2D eigenvalue weighted by Crippen LogP contribution is 2.43. The maximum absolute atomic E-state index is 15.4. The van der Waals surface area contributed by atoms with Crippen molar-refractivity contribution in [2.45, 2.75) is 77.6 Å². The van der Waals surface area contributed by atoms with Gasteiger partial charge in [0.25, 0.3) is 0 Å². The Morgan fingerprint density at radius 2 is 1.74 bits per heavy atom. The predicted octanol–water partition coefficient (Wildman–Crippen LogP) is 5.96. The Balaban J connectivity index is 1.58. The van der Waals surface area contributed by atoms with Crippen molar-refractivity contribution in [3.63, 3.8) is 0 Å². The Labute approximate surface area is 288 Å². The number of esters is 2. The van der Waals surface area contributed by atoms with E-state index in [0.717, 1.165) is 6.42 Å². The van der Waals surface area contributed by atoms with E-state index in [1.54, 1.807) is 18.2 Å². The predicted molar refractivity (Wildman–Crippen MR) is 175 cm³/mol. The number of alkyl halides is 3. The van der Waals surface area contributed by atoms with Crippen LogP contribution in [0.15, 0.2) is 18.2 Å². The number of nitrogens with zero attached hydrogens (tertiary/aromatic N) is 2. The van der Waals surface area contributed by atoms with E-state index in [1.165, 1.54) is 19.1 Å². The number of carbonyl (C=O) groups excluding carboxylic acids is 3. The molecule has 1 N–H and O–H groups in total. The molecule has 0 radical (unpaired) electrons. The Bertz CT molecular complexity index is 1620. The van der Waals surface area contributed by atoms with Crippen LogP contribution >= 0.6 is 0 Å². The van der Waals surface area contributed by atoms with Crippen LogP contribution in [0.25, 0.3) is 0 Å². The van der Waals surface area contributed by atoms with Gasteiger partial charge >= 0.3 is 18.1 Å². The molecule has 0 saturated carbocycles. The summed E-state index contributed by atoms with van der Waals surface area (Å²) in [5, 5.41) is 8.70. The quantitative estimate of drug-likeness (QED) is 0.0826. The summed E-state index contributed by atoms with van der Waals surface area (Å²) in [7, 11) is 2.70. The highest BCUT2D eigenvalue weighted by molar-refractivity contribution is 6.06. The summed E-state index contributed by atoms with van der Waals surface area (Å²) < 4.78 is 79.0. The first-order valence-electron chi connectivity index (χ1n) is 16.3. The molecule has 2 aromatic carbocycles. The van der Waals surface area contributed by atoms with Gasteiger partial charge in [-0.25, -0.2) is 9.18 Å².